The van der Waals surface area contributed by atoms with E-state index in [1.807, 2.05) is 0 Å². The molecule has 0 spiro atoms. The van der Waals surface area contributed by atoms with Gasteiger partial charge in [0.2, 0.25) is 0 Å². The molecule has 0 fully saturated rings. The van der Waals surface area contributed by atoms with E-state index in [1.165, 1.54) is 12.1 Å². The van der Waals surface area contributed by atoms with Gasteiger partial charge < -0.3 is 9.84 Å². The van der Waals surface area contributed by atoms with Gasteiger partial charge in [-0.05, 0) is 48.4 Å². The van der Waals surface area contributed by atoms with Crippen LogP contribution >= 0.6 is 0 Å². The van der Waals surface area contributed by atoms with Crippen molar-refractivity contribution in [1.29, 1.82) is 0 Å². The molecule has 0 aromatic heterocycles. The minimum Gasteiger partial charge on any atom is -0.478 e. The number of hydrogen-bond donors (Lipinski definition) is 1. The fraction of sp³-hybridized carbons (Fsp3) is 0.125. The molecule has 0 bridgehead atoms. The van der Waals surface area contributed by atoms with Crippen molar-refractivity contribution in [2.24, 2.45) is 0 Å². The maximum absolute atomic E-state index is 14.0. The van der Waals surface area contributed by atoms with E-state index in [4.69, 9.17) is 9.84 Å². The van der Waals surface area contributed by atoms with E-state index in [9.17, 15) is 18.4 Å². The molecule has 114 valence electrons. The van der Waals surface area contributed by atoms with Crippen LogP contribution in [0.1, 0.15) is 27.6 Å². The Balaban J connectivity index is 2.51. The van der Waals surface area contributed by atoms with Gasteiger partial charge in [0.1, 0.15) is 11.6 Å². The summed E-state index contributed by atoms with van der Waals surface area (Å²) in [6.45, 7) is 1.70. The first-order chi connectivity index (χ1) is 10.4. The Labute approximate surface area is 125 Å². The van der Waals surface area contributed by atoms with Crippen molar-refractivity contribution in [3.05, 3.63) is 59.2 Å². The zero-order chi connectivity index (χ0) is 16.3. The van der Waals surface area contributed by atoms with Crippen molar-refractivity contribution in [1.82, 2.24) is 0 Å². The van der Waals surface area contributed by atoms with Crippen LogP contribution in [0.3, 0.4) is 0 Å². The quantitative estimate of drug-likeness (QED) is 0.878. The summed E-state index contributed by atoms with van der Waals surface area (Å²) in [6.07, 6.45) is 0. The van der Waals surface area contributed by atoms with Crippen LogP contribution < -0.4 is 0 Å². The third-order valence-corrected chi connectivity index (χ3v) is 2.99. The van der Waals surface area contributed by atoms with E-state index >= 15 is 0 Å². The minimum atomic E-state index is -1.26. The molecule has 0 amide bonds. The van der Waals surface area contributed by atoms with Gasteiger partial charge >= 0.3 is 11.9 Å². The fourth-order valence-corrected chi connectivity index (χ4v) is 2.00. The minimum absolute atomic E-state index is 0.0295. The zero-order valence-corrected chi connectivity index (χ0v) is 11.6. The molecule has 0 saturated carbocycles. The molecule has 1 N–H and O–H groups in total. The van der Waals surface area contributed by atoms with Gasteiger partial charge in [0.25, 0.3) is 0 Å². The second kappa shape index (κ2) is 6.34. The summed E-state index contributed by atoms with van der Waals surface area (Å²) in [5.41, 5.74) is -0.243. The summed E-state index contributed by atoms with van der Waals surface area (Å²) in [7, 11) is 0. The molecular weight excluding hydrogens is 294 g/mol. The predicted octanol–water partition coefficient (Wildman–Crippen LogP) is 3.51. The molecule has 0 unspecified atom stereocenters. The normalized spacial score (nSPS) is 10.3. The van der Waals surface area contributed by atoms with E-state index in [1.54, 1.807) is 6.92 Å². The molecule has 0 aliphatic carbocycles. The Bertz CT molecular complexity index is 741. The number of carboxylic acids is 1. The molecule has 2 aromatic carbocycles. The monoisotopic (exact) mass is 306 g/mol. The Hall–Kier alpha value is -2.76. The van der Waals surface area contributed by atoms with Gasteiger partial charge in [-0.2, -0.15) is 0 Å². The number of rotatable bonds is 4. The number of benzene rings is 2. The number of carbonyl (C=O) groups is 2. The molecule has 0 aliphatic heterocycles. The Morgan fingerprint density at radius 1 is 1.09 bits per heavy atom. The van der Waals surface area contributed by atoms with E-state index < -0.39 is 23.6 Å². The first-order valence-electron chi connectivity index (χ1n) is 6.44. The molecule has 4 nitrogen and oxygen atoms in total. The summed E-state index contributed by atoms with van der Waals surface area (Å²) >= 11 is 0. The maximum Gasteiger partial charge on any atom is 0.341 e. The summed E-state index contributed by atoms with van der Waals surface area (Å²) in [4.78, 5) is 22.7. The molecule has 0 heterocycles. The van der Waals surface area contributed by atoms with Crippen LogP contribution in [0.25, 0.3) is 11.1 Å². The lowest BCUT2D eigenvalue weighted by Crippen LogP contribution is -2.07. The van der Waals surface area contributed by atoms with Crippen LogP contribution in [0.4, 0.5) is 8.78 Å². The standard InChI is InChI=1S/C16H12F2O4/c1-2-22-16(21)12-5-3-9(7-14(12)18)13-8-10(17)4-6-11(13)15(19)20/h3-8H,2H2,1H3,(H,19,20). The van der Waals surface area contributed by atoms with Crippen LogP contribution in [-0.4, -0.2) is 23.7 Å². The molecule has 22 heavy (non-hydrogen) atoms. The highest BCUT2D eigenvalue weighted by Crippen LogP contribution is 2.27. The lowest BCUT2D eigenvalue weighted by molar-refractivity contribution is 0.0520. The average molecular weight is 306 g/mol. The summed E-state index contributed by atoms with van der Waals surface area (Å²) in [5.74, 6) is -3.58. The van der Waals surface area contributed by atoms with Gasteiger partial charge in [-0.3, -0.25) is 0 Å². The molecule has 0 atom stereocenters. The SMILES string of the molecule is CCOC(=O)c1ccc(-c2cc(F)ccc2C(=O)O)cc1F. The van der Waals surface area contributed by atoms with Crippen molar-refractivity contribution in [2.45, 2.75) is 6.92 Å². The molecule has 0 aliphatic rings. The number of hydrogen-bond acceptors (Lipinski definition) is 3. The average Bonchev–Trinajstić information content (AvgIpc) is 2.46. The number of halogens is 2. The van der Waals surface area contributed by atoms with Gasteiger partial charge in [0, 0.05) is 0 Å². The molecule has 6 heteroatoms. The van der Waals surface area contributed by atoms with E-state index in [0.717, 1.165) is 24.3 Å². The van der Waals surface area contributed by atoms with Crippen LogP contribution in [-0.2, 0) is 4.74 Å². The van der Waals surface area contributed by atoms with Crippen molar-refractivity contribution >= 4 is 11.9 Å². The topological polar surface area (TPSA) is 63.6 Å². The first kappa shape index (κ1) is 15.6. The van der Waals surface area contributed by atoms with Gasteiger partial charge in [-0.1, -0.05) is 6.07 Å². The highest BCUT2D eigenvalue weighted by atomic mass is 19.1. The van der Waals surface area contributed by atoms with E-state index in [0.29, 0.717) is 0 Å². The van der Waals surface area contributed by atoms with E-state index in [2.05, 4.69) is 0 Å². The predicted molar refractivity (Wildman–Crippen MR) is 74.7 cm³/mol. The second-order valence-corrected chi connectivity index (χ2v) is 4.41. The number of aromatic carboxylic acids is 1. The zero-order valence-electron chi connectivity index (χ0n) is 11.6. The van der Waals surface area contributed by atoms with Crippen molar-refractivity contribution < 1.29 is 28.2 Å². The number of carboxylic acid groups (broad SMARTS) is 1. The van der Waals surface area contributed by atoms with Gasteiger partial charge in [-0.15, -0.1) is 0 Å². The number of esters is 1. The summed E-state index contributed by atoms with van der Waals surface area (Å²) in [6, 6.07) is 6.62. The number of ether oxygens (including phenoxy) is 1. The molecular formula is C16H12F2O4. The highest BCUT2D eigenvalue weighted by Gasteiger charge is 2.17. The smallest absolute Gasteiger partial charge is 0.341 e. The van der Waals surface area contributed by atoms with Crippen molar-refractivity contribution in [2.75, 3.05) is 6.61 Å². The largest absolute Gasteiger partial charge is 0.478 e. The van der Waals surface area contributed by atoms with Crippen LogP contribution in [0, 0.1) is 11.6 Å². The molecule has 0 saturated heterocycles. The van der Waals surface area contributed by atoms with Crippen LogP contribution in [0.5, 0.6) is 0 Å². The Kier molecular flexibility index (Phi) is 4.50. The summed E-state index contributed by atoms with van der Waals surface area (Å²) < 4.78 is 32.0. The summed E-state index contributed by atoms with van der Waals surface area (Å²) in [5, 5.41) is 9.11. The second-order valence-electron chi connectivity index (χ2n) is 4.41. The Morgan fingerprint density at radius 3 is 2.36 bits per heavy atom. The third-order valence-electron chi connectivity index (χ3n) is 2.99. The first-order valence-corrected chi connectivity index (χ1v) is 6.44. The van der Waals surface area contributed by atoms with Crippen molar-refractivity contribution in [3.63, 3.8) is 0 Å². The fourth-order valence-electron chi connectivity index (χ4n) is 2.00. The molecule has 2 rings (SSSR count). The van der Waals surface area contributed by atoms with Gasteiger partial charge in [-0.25, -0.2) is 18.4 Å². The van der Waals surface area contributed by atoms with Crippen LogP contribution in [0.15, 0.2) is 36.4 Å². The van der Waals surface area contributed by atoms with E-state index in [-0.39, 0.29) is 28.9 Å². The maximum atomic E-state index is 14.0. The van der Waals surface area contributed by atoms with Gasteiger partial charge in [0.15, 0.2) is 0 Å². The lowest BCUT2D eigenvalue weighted by atomic mass is 9.98. The molecule has 0 radical (unpaired) electrons. The lowest BCUT2D eigenvalue weighted by Gasteiger charge is -2.09. The molecule has 2 aromatic rings. The Morgan fingerprint density at radius 2 is 1.77 bits per heavy atom. The number of carbonyl (C=O) groups excluding carboxylic acids is 1. The highest BCUT2D eigenvalue weighted by molar-refractivity contribution is 5.96. The van der Waals surface area contributed by atoms with Crippen molar-refractivity contribution in [3.8, 4) is 11.1 Å². The van der Waals surface area contributed by atoms with Gasteiger partial charge in [0.05, 0.1) is 17.7 Å². The third kappa shape index (κ3) is 3.11. The van der Waals surface area contributed by atoms with Crippen LogP contribution in [0.2, 0.25) is 0 Å².